The van der Waals surface area contributed by atoms with Gasteiger partial charge in [-0.1, -0.05) is 20.8 Å². The Kier molecular flexibility index (Phi) is 7.09. The van der Waals surface area contributed by atoms with Crippen LogP contribution in [-0.4, -0.2) is 43.8 Å². The van der Waals surface area contributed by atoms with Gasteiger partial charge in [0.2, 0.25) is 0 Å². The molecule has 0 radical (unpaired) electrons. The number of rotatable bonds is 7. The normalized spacial score (nSPS) is 24.2. The van der Waals surface area contributed by atoms with Crippen molar-refractivity contribution in [2.24, 2.45) is 17.6 Å². The molecule has 0 aromatic rings. The number of nitrogens with two attached hydrogens (primary N) is 1. The second kappa shape index (κ2) is 8.06. The van der Waals surface area contributed by atoms with Gasteiger partial charge < -0.3 is 10.5 Å². The molecule has 0 saturated carbocycles. The fourth-order valence-electron chi connectivity index (χ4n) is 2.71. The van der Waals surface area contributed by atoms with Crippen molar-refractivity contribution >= 4 is 0 Å². The average molecular weight is 242 g/mol. The lowest BCUT2D eigenvalue weighted by Gasteiger charge is -2.36. The van der Waals surface area contributed by atoms with Crippen molar-refractivity contribution in [3.8, 4) is 0 Å². The van der Waals surface area contributed by atoms with E-state index in [4.69, 9.17) is 10.5 Å². The highest BCUT2D eigenvalue weighted by atomic mass is 16.5. The molecular formula is C14H30N2O. The summed E-state index contributed by atoms with van der Waals surface area (Å²) in [6.45, 7) is 11.7. The van der Waals surface area contributed by atoms with Crippen molar-refractivity contribution in [2.75, 3.05) is 32.8 Å². The van der Waals surface area contributed by atoms with Crippen molar-refractivity contribution in [1.82, 2.24) is 4.90 Å². The smallest absolute Gasteiger partial charge is 0.0622 e. The van der Waals surface area contributed by atoms with Gasteiger partial charge in [0.25, 0.3) is 0 Å². The lowest BCUT2D eigenvalue weighted by Crippen LogP contribution is -2.46. The number of ether oxygens (including phenoxy) is 1. The zero-order valence-electron chi connectivity index (χ0n) is 11.8. The second-order valence-electron chi connectivity index (χ2n) is 5.69. The molecule has 0 aromatic heterocycles. The van der Waals surface area contributed by atoms with Gasteiger partial charge in [0, 0.05) is 12.6 Å². The molecule has 2 N–H and O–H groups in total. The molecule has 17 heavy (non-hydrogen) atoms. The Balaban J connectivity index is 2.31. The summed E-state index contributed by atoms with van der Waals surface area (Å²) in [5.41, 5.74) is 5.86. The molecule has 3 heteroatoms. The van der Waals surface area contributed by atoms with E-state index in [2.05, 4.69) is 25.7 Å². The fourth-order valence-corrected chi connectivity index (χ4v) is 2.71. The maximum absolute atomic E-state index is 5.86. The van der Waals surface area contributed by atoms with Crippen LogP contribution in [0.2, 0.25) is 0 Å². The van der Waals surface area contributed by atoms with Crippen LogP contribution in [-0.2, 0) is 4.74 Å². The molecule has 0 aliphatic carbocycles. The van der Waals surface area contributed by atoms with Crippen LogP contribution in [0, 0.1) is 11.8 Å². The van der Waals surface area contributed by atoms with Gasteiger partial charge in [-0.3, -0.25) is 4.90 Å². The summed E-state index contributed by atoms with van der Waals surface area (Å²) in [6.07, 6.45) is 3.69. The SMILES string of the molecule is CCC1COCCN1CCC(CN)CC(C)C. The van der Waals surface area contributed by atoms with E-state index in [1.165, 1.54) is 25.8 Å². The Hall–Kier alpha value is -0.120. The van der Waals surface area contributed by atoms with Gasteiger partial charge in [0.15, 0.2) is 0 Å². The van der Waals surface area contributed by atoms with E-state index in [1.807, 2.05) is 0 Å². The van der Waals surface area contributed by atoms with Gasteiger partial charge in [-0.15, -0.1) is 0 Å². The summed E-state index contributed by atoms with van der Waals surface area (Å²) in [6, 6.07) is 0.626. The first-order chi connectivity index (χ1) is 8.17. The van der Waals surface area contributed by atoms with Crippen molar-refractivity contribution in [3.05, 3.63) is 0 Å². The van der Waals surface area contributed by atoms with Gasteiger partial charge in [0.1, 0.15) is 0 Å². The summed E-state index contributed by atoms with van der Waals surface area (Å²) in [5.74, 6) is 1.45. The van der Waals surface area contributed by atoms with E-state index in [0.29, 0.717) is 12.0 Å². The Bertz CT molecular complexity index is 197. The highest BCUT2D eigenvalue weighted by Crippen LogP contribution is 2.17. The highest BCUT2D eigenvalue weighted by Gasteiger charge is 2.21. The molecule has 0 aromatic carbocycles. The van der Waals surface area contributed by atoms with Crippen molar-refractivity contribution in [2.45, 2.75) is 46.1 Å². The molecule has 1 fully saturated rings. The van der Waals surface area contributed by atoms with E-state index in [1.54, 1.807) is 0 Å². The molecule has 0 amide bonds. The number of hydrogen-bond acceptors (Lipinski definition) is 3. The van der Waals surface area contributed by atoms with Crippen LogP contribution in [0.3, 0.4) is 0 Å². The summed E-state index contributed by atoms with van der Waals surface area (Å²) in [5, 5.41) is 0. The van der Waals surface area contributed by atoms with Crippen LogP contribution in [0.15, 0.2) is 0 Å². The first-order valence-corrected chi connectivity index (χ1v) is 7.19. The summed E-state index contributed by atoms with van der Waals surface area (Å²) in [4.78, 5) is 2.59. The average Bonchev–Trinajstić information content (AvgIpc) is 2.34. The standard InChI is InChI=1S/C14H30N2O/c1-4-14-11-17-8-7-16(14)6-5-13(10-15)9-12(2)3/h12-14H,4-11,15H2,1-3H3. The zero-order chi connectivity index (χ0) is 12.7. The molecule has 3 nitrogen and oxygen atoms in total. The fraction of sp³-hybridized carbons (Fsp3) is 1.00. The van der Waals surface area contributed by atoms with Gasteiger partial charge in [-0.05, 0) is 44.2 Å². The van der Waals surface area contributed by atoms with Crippen molar-refractivity contribution < 1.29 is 4.74 Å². The molecule has 2 atom stereocenters. The van der Waals surface area contributed by atoms with Gasteiger partial charge in [0.05, 0.1) is 13.2 Å². The lowest BCUT2D eigenvalue weighted by atomic mass is 9.94. The van der Waals surface area contributed by atoms with Crippen LogP contribution in [0.4, 0.5) is 0 Å². The maximum atomic E-state index is 5.86. The molecule has 1 aliphatic heterocycles. The Labute approximate surface area is 107 Å². The van der Waals surface area contributed by atoms with Crippen molar-refractivity contribution in [1.29, 1.82) is 0 Å². The minimum absolute atomic E-state index is 0.626. The quantitative estimate of drug-likeness (QED) is 0.743. The van der Waals surface area contributed by atoms with Crippen molar-refractivity contribution in [3.63, 3.8) is 0 Å². The molecule has 0 spiro atoms. The minimum atomic E-state index is 0.626. The van der Waals surface area contributed by atoms with Crippen LogP contribution in [0.25, 0.3) is 0 Å². The van der Waals surface area contributed by atoms with E-state index in [0.717, 1.165) is 32.2 Å². The molecule has 1 rings (SSSR count). The summed E-state index contributed by atoms with van der Waals surface area (Å²) >= 11 is 0. The number of morpholine rings is 1. The number of hydrogen-bond donors (Lipinski definition) is 1. The lowest BCUT2D eigenvalue weighted by molar-refractivity contribution is -0.0109. The number of nitrogens with zero attached hydrogens (tertiary/aromatic N) is 1. The van der Waals surface area contributed by atoms with Crippen LogP contribution >= 0.6 is 0 Å². The van der Waals surface area contributed by atoms with Crippen LogP contribution in [0.1, 0.15) is 40.0 Å². The van der Waals surface area contributed by atoms with E-state index >= 15 is 0 Å². The Morgan fingerprint density at radius 1 is 1.41 bits per heavy atom. The highest BCUT2D eigenvalue weighted by molar-refractivity contribution is 4.75. The summed E-state index contributed by atoms with van der Waals surface area (Å²) in [7, 11) is 0. The third kappa shape index (κ3) is 5.36. The molecule has 102 valence electrons. The molecular weight excluding hydrogens is 212 g/mol. The largest absolute Gasteiger partial charge is 0.378 e. The molecule has 1 saturated heterocycles. The third-order valence-electron chi connectivity index (χ3n) is 3.78. The van der Waals surface area contributed by atoms with E-state index in [-0.39, 0.29) is 0 Å². The second-order valence-corrected chi connectivity index (χ2v) is 5.69. The maximum Gasteiger partial charge on any atom is 0.0622 e. The summed E-state index contributed by atoms with van der Waals surface area (Å²) < 4.78 is 5.53. The van der Waals surface area contributed by atoms with E-state index < -0.39 is 0 Å². The molecule has 2 unspecified atom stereocenters. The van der Waals surface area contributed by atoms with Gasteiger partial charge >= 0.3 is 0 Å². The molecule has 0 bridgehead atoms. The third-order valence-corrected chi connectivity index (χ3v) is 3.78. The first kappa shape index (κ1) is 14.9. The molecule has 1 heterocycles. The van der Waals surface area contributed by atoms with Gasteiger partial charge in [-0.2, -0.15) is 0 Å². The van der Waals surface area contributed by atoms with E-state index in [9.17, 15) is 0 Å². The Morgan fingerprint density at radius 3 is 2.76 bits per heavy atom. The minimum Gasteiger partial charge on any atom is -0.378 e. The predicted molar refractivity (Wildman–Crippen MR) is 73.1 cm³/mol. The topological polar surface area (TPSA) is 38.5 Å². The van der Waals surface area contributed by atoms with Crippen LogP contribution in [0.5, 0.6) is 0 Å². The van der Waals surface area contributed by atoms with Crippen LogP contribution < -0.4 is 5.73 Å². The Morgan fingerprint density at radius 2 is 2.18 bits per heavy atom. The molecule has 1 aliphatic rings. The predicted octanol–water partition coefficient (Wildman–Crippen LogP) is 2.11. The first-order valence-electron chi connectivity index (χ1n) is 7.19. The monoisotopic (exact) mass is 242 g/mol. The zero-order valence-corrected chi connectivity index (χ0v) is 11.8. The van der Waals surface area contributed by atoms with Gasteiger partial charge in [-0.25, -0.2) is 0 Å².